The number of carboxylic acid groups (broad SMARTS) is 1. The van der Waals surface area contributed by atoms with Gasteiger partial charge in [-0.3, -0.25) is 0 Å². The van der Waals surface area contributed by atoms with Crippen LogP contribution in [0, 0.1) is 11.6 Å². The van der Waals surface area contributed by atoms with Gasteiger partial charge in [0.2, 0.25) is 0 Å². The summed E-state index contributed by atoms with van der Waals surface area (Å²) in [6, 6.07) is 0.940. The van der Waals surface area contributed by atoms with Gasteiger partial charge in [0, 0.05) is 13.7 Å². The van der Waals surface area contributed by atoms with Crippen LogP contribution in [0.3, 0.4) is 0 Å². The fourth-order valence-electron chi connectivity index (χ4n) is 1.61. The predicted octanol–water partition coefficient (Wildman–Crippen LogP) is 1.97. The first-order valence-corrected chi connectivity index (χ1v) is 6.19. The first-order chi connectivity index (χ1) is 9.95. The quantitative estimate of drug-likeness (QED) is 0.672. The van der Waals surface area contributed by atoms with E-state index in [1.165, 1.54) is 7.11 Å². The van der Waals surface area contributed by atoms with E-state index in [4.69, 9.17) is 9.84 Å². The number of methoxy groups -OCH3 is 1. The van der Waals surface area contributed by atoms with Gasteiger partial charge in [-0.2, -0.15) is 0 Å². The third kappa shape index (κ3) is 5.35. The molecule has 0 aromatic heterocycles. The highest BCUT2D eigenvalue weighted by Crippen LogP contribution is 2.17. The molecule has 0 radical (unpaired) electrons. The molecular formula is C13H16F2N2O4. The fraction of sp³-hybridized carbons (Fsp3) is 0.385. The van der Waals surface area contributed by atoms with E-state index in [9.17, 15) is 18.4 Å². The smallest absolute Gasteiger partial charge is 0.326 e. The third-order valence-corrected chi connectivity index (χ3v) is 2.65. The average Bonchev–Trinajstić information content (AvgIpc) is 2.42. The molecule has 0 spiro atoms. The van der Waals surface area contributed by atoms with Crippen molar-refractivity contribution in [1.82, 2.24) is 5.32 Å². The molecule has 0 heterocycles. The number of para-hydroxylation sites is 1. The summed E-state index contributed by atoms with van der Waals surface area (Å²) in [4.78, 5) is 22.6. The van der Waals surface area contributed by atoms with Crippen LogP contribution < -0.4 is 10.6 Å². The number of anilines is 1. The number of hydrogen-bond acceptors (Lipinski definition) is 3. The maximum absolute atomic E-state index is 13.3. The van der Waals surface area contributed by atoms with Crippen LogP contribution >= 0.6 is 0 Å². The van der Waals surface area contributed by atoms with E-state index in [0.29, 0.717) is 13.0 Å². The Kier molecular flexibility index (Phi) is 6.54. The number of nitrogens with one attached hydrogen (secondary N) is 2. The second kappa shape index (κ2) is 8.15. The minimum atomic E-state index is -1.24. The summed E-state index contributed by atoms with van der Waals surface area (Å²) < 4.78 is 31.5. The molecule has 21 heavy (non-hydrogen) atoms. The van der Waals surface area contributed by atoms with Gasteiger partial charge in [0.1, 0.15) is 23.4 Å². The van der Waals surface area contributed by atoms with Crippen molar-refractivity contribution in [2.45, 2.75) is 18.9 Å². The van der Waals surface area contributed by atoms with Crippen LogP contribution in [-0.4, -0.2) is 36.9 Å². The first kappa shape index (κ1) is 16.8. The van der Waals surface area contributed by atoms with Gasteiger partial charge in [-0.1, -0.05) is 6.07 Å². The Bertz CT molecular complexity index is 491. The van der Waals surface area contributed by atoms with Gasteiger partial charge in [-0.15, -0.1) is 0 Å². The van der Waals surface area contributed by atoms with Gasteiger partial charge in [-0.05, 0) is 25.0 Å². The highest BCUT2D eigenvalue weighted by molar-refractivity contribution is 5.92. The lowest BCUT2D eigenvalue weighted by Gasteiger charge is -2.15. The summed E-state index contributed by atoms with van der Waals surface area (Å²) in [7, 11) is 1.47. The van der Waals surface area contributed by atoms with E-state index in [0.717, 1.165) is 18.2 Å². The zero-order valence-corrected chi connectivity index (χ0v) is 11.4. The Hall–Kier alpha value is -2.22. The molecule has 8 heteroatoms. The summed E-state index contributed by atoms with van der Waals surface area (Å²) in [5.74, 6) is -3.14. The Morgan fingerprint density at radius 3 is 2.48 bits per heavy atom. The van der Waals surface area contributed by atoms with Crippen LogP contribution in [0.2, 0.25) is 0 Å². The molecule has 0 aliphatic carbocycles. The summed E-state index contributed by atoms with van der Waals surface area (Å²) in [5.41, 5.74) is -0.629. The average molecular weight is 302 g/mol. The van der Waals surface area contributed by atoms with Crippen molar-refractivity contribution >= 4 is 17.7 Å². The van der Waals surface area contributed by atoms with Gasteiger partial charge in [0.15, 0.2) is 0 Å². The molecule has 0 saturated carbocycles. The molecule has 1 atom stereocenters. The third-order valence-electron chi connectivity index (χ3n) is 2.65. The standard InChI is InChI=1S/C13H16F2N2O4/c1-21-7-3-6-10(12(18)19)16-13(20)17-11-8(14)4-2-5-9(11)15/h2,4-5,10H,3,6-7H2,1H3,(H,18,19)(H2,16,17,20). The van der Waals surface area contributed by atoms with Crippen LogP contribution in [0.15, 0.2) is 18.2 Å². The fourth-order valence-corrected chi connectivity index (χ4v) is 1.61. The van der Waals surface area contributed by atoms with Crippen LogP contribution in [-0.2, 0) is 9.53 Å². The number of carbonyl (C=O) groups excluding carboxylic acids is 1. The number of carbonyl (C=O) groups is 2. The molecule has 3 N–H and O–H groups in total. The number of urea groups is 1. The predicted molar refractivity (Wildman–Crippen MR) is 71.0 cm³/mol. The monoisotopic (exact) mass is 302 g/mol. The van der Waals surface area contributed by atoms with Crippen molar-refractivity contribution in [3.8, 4) is 0 Å². The summed E-state index contributed by atoms with van der Waals surface area (Å²) in [5, 5.41) is 13.1. The van der Waals surface area contributed by atoms with Crippen LogP contribution in [0.5, 0.6) is 0 Å². The second-order valence-corrected chi connectivity index (χ2v) is 4.22. The molecule has 1 aromatic carbocycles. The maximum atomic E-state index is 13.3. The SMILES string of the molecule is COCCCC(NC(=O)Nc1c(F)cccc1F)C(=O)O. The lowest BCUT2D eigenvalue weighted by atomic mass is 10.1. The number of ether oxygens (including phenoxy) is 1. The van der Waals surface area contributed by atoms with Crippen molar-refractivity contribution in [3.05, 3.63) is 29.8 Å². The highest BCUT2D eigenvalue weighted by atomic mass is 19.1. The molecule has 6 nitrogen and oxygen atoms in total. The lowest BCUT2D eigenvalue weighted by molar-refractivity contribution is -0.139. The normalized spacial score (nSPS) is 11.8. The second-order valence-electron chi connectivity index (χ2n) is 4.22. The number of benzene rings is 1. The Morgan fingerprint density at radius 1 is 1.33 bits per heavy atom. The van der Waals surface area contributed by atoms with E-state index in [-0.39, 0.29) is 6.42 Å². The molecule has 116 valence electrons. The van der Waals surface area contributed by atoms with E-state index < -0.39 is 35.4 Å². The summed E-state index contributed by atoms with van der Waals surface area (Å²) in [6.07, 6.45) is 0.554. The van der Waals surface area contributed by atoms with Gasteiger partial charge < -0.3 is 20.5 Å². The Balaban J connectivity index is 2.63. The van der Waals surface area contributed by atoms with E-state index in [2.05, 4.69) is 5.32 Å². The zero-order valence-electron chi connectivity index (χ0n) is 11.4. The largest absolute Gasteiger partial charge is 0.480 e. The minimum Gasteiger partial charge on any atom is -0.480 e. The van der Waals surface area contributed by atoms with Gasteiger partial charge >= 0.3 is 12.0 Å². The molecule has 0 aliphatic heterocycles. The number of carboxylic acids is 1. The van der Waals surface area contributed by atoms with Crippen LogP contribution in [0.1, 0.15) is 12.8 Å². The number of amides is 2. The topological polar surface area (TPSA) is 87.7 Å². The maximum Gasteiger partial charge on any atom is 0.326 e. The number of rotatable bonds is 7. The van der Waals surface area contributed by atoms with Crippen LogP contribution in [0.25, 0.3) is 0 Å². The number of hydrogen-bond donors (Lipinski definition) is 3. The zero-order chi connectivity index (χ0) is 15.8. The summed E-state index contributed by atoms with van der Waals surface area (Å²) >= 11 is 0. The molecule has 1 aromatic rings. The molecule has 0 fully saturated rings. The van der Waals surface area contributed by atoms with Gasteiger partial charge in [0.25, 0.3) is 0 Å². The molecule has 2 amide bonds. The molecule has 0 aliphatic rings. The molecule has 1 rings (SSSR count). The number of aliphatic carboxylic acids is 1. The highest BCUT2D eigenvalue weighted by Gasteiger charge is 2.20. The number of halogens is 2. The lowest BCUT2D eigenvalue weighted by Crippen LogP contribution is -2.43. The van der Waals surface area contributed by atoms with E-state index >= 15 is 0 Å². The van der Waals surface area contributed by atoms with Crippen molar-refractivity contribution in [3.63, 3.8) is 0 Å². The van der Waals surface area contributed by atoms with Crippen molar-refractivity contribution < 1.29 is 28.2 Å². The molecular weight excluding hydrogens is 286 g/mol. The first-order valence-electron chi connectivity index (χ1n) is 6.19. The van der Waals surface area contributed by atoms with Crippen molar-refractivity contribution in [2.75, 3.05) is 19.0 Å². The summed E-state index contributed by atoms with van der Waals surface area (Å²) in [6.45, 7) is 0.342. The molecule has 0 saturated heterocycles. The minimum absolute atomic E-state index is 0.135. The van der Waals surface area contributed by atoms with Gasteiger partial charge in [-0.25, -0.2) is 18.4 Å². The molecule has 1 unspecified atom stereocenters. The van der Waals surface area contributed by atoms with Crippen molar-refractivity contribution in [2.24, 2.45) is 0 Å². The van der Waals surface area contributed by atoms with E-state index in [1.807, 2.05) is 5.32 Å². The molecule has 0 bridgehead atoms. The Labute approximate surface area is 120 Å². The van der Waals surface area contributed by atoms with Gasteiger partial charge in [0.05, 0.1) is 0 Å². The van der Waals surface area contributed by atoms with Crippen LogP contribution in [0.4, 0.5) is 19.3 Å². The Morgan fingerprint density at radius 2 is 1.95 bits per heavy atom. The van der Waals surface area contributed by atoms with Crippen molar-refractivity contribution in [1.29, 1.82) is 0 Å². The van der Waals surface area contributed by atoms with E-state index in [1.54, 1.807) is 0 Å².